The monoisotopic (exact) mass is 212 g/mol. The standard InChI is InChI=1S/C11H16O4/c1-9(13-2)14-8-15-11-6-4-3-5-10(11)7-12/h3-6,9,12H,7-8H2,1-2H3. The molecule has 0 heterocycles. The number of para-hydroxylation sites is 1. The zero-order chi connectivity index (χ0) is 11.1. The highest BCUT2D eigenvalue weighted by atomic mass is 16.7. The number of benzene rings is 1. The van der Waals surface area contributed by atoms with Crippen LogP contribution in [-0.4, -0.2) is 25.3 Å². The summed E-state index contributed by atoms with van der Waals surface area (Å²) in [5, 5.41) is 9.03. The Hall–Kier alpha value is -1.10. The molecule has 1 atom stereocenters. The van der Waals surface area contributed by atoms with E-state index in [0.717, 1.165) is 5.56 Å². The summed E-state index contributed by atoms with van der Waals surface area (Å²) in [6, 6.07) is 7.27. The second-order valence-corrected chi connectivity index (χ2v) is 3.00. The maximum Gasteiger partial charge on any atom is 0.191 e. The summed E-state index contributed by atoms with van der Waals surface area (Å²) in [5.41, 5.74) is 0.742. The van der Waals surface area contributed by atoms with Crippen molar-refractivity contribution >= 4 is 0 Å². The van der Waals surface area contributed by atoms with Crippen molar-refractivity contribution in [3.05, 3.63) is 29.8 Å². The molecule has 1 aromatic rings. The largest absolute Gasteiger partial charge is 0.467 e. The summed E-state index contributed by atoms with van der Waals surface area (Å²) in [5.74, 6) is 0.628. The van der Waals surface area contributed by atoms with Crippen LogP contribution in [0.3, 0.4) is 0 Å². The van der Waals surface area contributed by atoms with Crippen LogP contribution in [0.2, 0.25) is 0 Å². The lowest BCUT2D eigenvalue weighted by Gasteiger charge is -2.13. The summed E-state index contributed by atoms with van der Waals surface area (Å²) in [4.78, 5) is 0. The van der Waals surface area contributed by atoms with Crippen molar-refractivity contribution in [1.82, 2.24) is 0 Å². The minimum Gasteiger partial charge on any atom is -0.467 e. The molecule has 0 saturated heterocycles. The van der Waals surface area contributed by atoms with E-state index in [1.807, 2.05) is 12.1 Å². The van der Waals surface area contributed by atoms with Gasteiger partial charge in [0.2, 0.25) is 0 Å². The molecule has 1 N–H and O–H groups in total. The van der Waals surface area contributed by atoms with Gasteiger partial charge in [0, 0.05) is 12.7 Å². The molecule has 0 aliphatic rings. The van der Waals surface area contributed by atoms with Gasteiger partial charge < -0.3 is 19.3 Å². The van der Waals surface area contributed by atoms with Gasteiger partial charge in [-0.2, -0.15) is 0 Å². The molecule has 1 rings (SSSR count). The molecule has 4 nitrogen and oxygen atoms in total. The van der Waals surface area contributed by atoms with E-state index in [1.54, 1.807) is 26.2 Å². The molecule has 0 radical (unpaired) electrons. The topological polar surface area (TPSA) is 47.9 Å². The van der Waals surface area contributed by atoms with E-state index in [4.69, 9.17) is 19.3 Å². The molecule has 0 aliphatic heterocycles. The normalized spacial score (nSPS) is 12.5. The van der Waals surface area contributed by atoms with Gasteiger partial charge in [0.25, 0.3) is 0 Å². The van der Waals surface area contributed by atoms with E-state index in [1.165, 1.54) is 0 Å². The summed E-state index contributed by atoms with van der Waals surface area (Å²) >= 11 is 0. The lowest BCUT2D eigenvalue weighted by atomic mass is 10.2. The van der Waals surface area contributed by atoms with Crippen molar-refractivity contribution < 1.29 is 19.3 Å². The fraction of sp³-hybridized carbons (Fsp3) is 0.455. The predicted octanol–water partition coefficient (Wildman–Crippen LogP) is 1.52. The Bertz CT molecular complexity index is 288. The molecule has 84 valence electrons. The first-order valence-electron chi connectivity index (χ1n) is 4.74. The van der Waals surface area contributed by atoms with Gasteiger partial charge in [-0.3, -0.25) is 0 Å². The van der Waals surface area contributed by atoms with Crippen molar-refractivity contribution in [2.75, 3.05) is 13.9 Å². The van der Waals surface area contributed by atoms with E-state index in [2.05, 4.69) is 0 Å². The Balaban J connectivity index is 2.43. The van der Waals surface area contributed by atoms with E-state index in [0.29, 0.717) is 5.75 Å². The highest BCUT2D eigenvalue weighted by molar-refractivity contribution is 5.32. The summed E-state index contributed by atoms with van der Waals surface area (Å²) in [7, 11) is 1.56. The molecule has 0 amide bonds. The SMILES string of the molecule is COC(C)OCOc1ccccc1CO. The molecular weight excluding hydrogens is 196 g/mol. The summed E-state index contributed by atoms with van der Waals surface area (Å²) < 4.78 is 15.4. The van der Waals surface area contributed by atoms with E-state index in [-0.39, 0.29) is 19.7 Å². The lowest BCUT2D eigenvalue weighted by molar-refractivity contribution is -0.149. The van der Waals surface area contributed by atoms with Crippen molar-refractivity contribution in [2.24, 2.45) is 0 Å². The molecule has 15 heavy (non-hydrogen) atoms. The highest BCUT2D eigenvalue weighted by Crippen LogP contribution is 2.17. The maximum atomic E-state index is 9.03. The van der Waals surface area contributed by atoms with Gasteiger partial charge in [-0.15, -0.1) is 0 Å². The molecule has 0 bridgehead atoms. The highest BCUT2D eigenvalue weighted by Gasteiger charge is 2.02. The number of hydrogen-bond donors (Lipinski definition) is 1. The molecule has 0 saturated carbocycles. The molecule has 0 aromatic heterocycles. The van der Waals surface area contributed by atoms with Gasteiger partial charge in [-0.05, 0) is 13.0 Å². The van der Waals surface area contributed by atoms with Gasteiger partial charge in [0.15, 0.2) is 13.1 Å². The first-order chi connectivity index (χ1) is 7.27. The zero-order valence-corrected chi connectivity index (χ0v) is 8.97. The number of aliphatic hydroxyl groups excluding tert-OH is 1. The number of rotatable bonds is 6. The molecule has 4 heteroatoms. The smallest absolute Gasteiger partial charge is 0.191 e. The number of hydrogen-bond acceptors (Lipinski definition) is 4. The average Bonchev–Trinajstić information content (AvgIpc) is 2.29. The Morgan fingerprint density at radius 1 is 1.33 bits per heavy atom. The average molecular weight is 212 g/mol. The third-order valence-electron chi connectivity index (χ3n) is 1.99. The Labute approximate surface area is 89.4 Å². The van der Waals surface area contributed by atoms with Crippen LogP contribution in [0.5, 0.6) is 5.75 Å². The van der Waals surface area contributed by atoms with Crippen LogP contribution in [0.1, 0.15) is 12.5 Å². The zero-order valence-electron chi connectivity index (χ0n) is 8.97. The van der Waals surface area contributed by atoms with Crippen LogP contribution in [-0.2, 0) is 16.1 Å². The Morgan fingerprint density at radius 3 is 2.73 bits per heavy atom. The fourth-order valence-corrected chi connectivity index (χ4v) is 1.04. The van der Waals surface area contributed by atoms with Crippen LogP contribution in [0.15, 0.2) is 24.3 Å². The first kappa shape index (κ1) is 12.0. The van der Waals surface area contributed by atoms with Crippen LogP contribution in [0, 0.1) is 0 Å². The summed E-state index contributed by atoms with van der Waals surface area (Å²) in [6.07, 6.45) is -0.300. The van der Waals surface area contributed by atoms with Crippen LogP contribution in [0.25, 0.3) is 0 Å². The van der Waals surface area contributed by atoms with Crippen LogP contribution >= 0.6 is 0 Å². The van der Waals surface area contributed by atoms with E-state index in [9.17, 15) is 0 Å². The van der Waals surface area contributed by atoms with Gasteiger partial charge in [-0.25, -0.2) is 0 Å². The minimum absolute atomic E-state index is 0.0456. The van der Waals surface area contributed by atoms with Gasteiger partial charge >= 0.3 is 0 Å². The van der Waals surface area contributed by atoms with Crippen molar-refractivity contribution in [1.29, 1.82) is 0 Å². The van der Waals surface area contributed by atoms with E-state index < -0.39 is 0 Å². The summed E-state index contributed by atoms with van der Waals surface area (Å²) in [6.45, 7) is 1.84. The molecule has 1 aromatic carbocycles. The third kappa shape index (κ3) is 3.87. The van der Waals surface area contributed by atoms with Crippen LogP contribution < -0.4 is 4.74 Å². The number of ether oxygens (including phenoxy) is 3. The fourth-order valence-electron chi connectivity index (χ4n) is 1.04. The Kier molecular flexibility index (Phi) is 5.10. The second-order valence-electron chi connectivity index (χ2n) is 3.00. The molecule has 0 aliphatic carbocycles. The molecule has 1 unspecified atom stereocenters. The van der Waals surface area contributed by atoms with Crippen molar-refractivity contribution in [3.8, 4) is 5.75 Å². The minimum atomic E-state index is -0.300. The second kappa shape index (κ2) is 6.40. The van der Waals surface area contributed by atoms with Gasteiger partial charge in [0.1, 0.15) is 5.75 Å². The van der Waals surface area contributed by atoms with Crippen molar-refractivity contribution in [2.45, 2.75) is 19.8 Å². The van der Waals surface area contributed by atoms with Gasteiger partial charge in [0.05, 0.1) is 6.61 Å². The third-order valence-corrected chi connectivity index (χ3v) is 1.99. The van der Waals surface area contributed by atoms with Crippen molar-refractivity contribution in [3.63, 3.8) is 0 Å². The number of aliphatic hydroxyl groups is 1. The maximum absolute atomic E-state index is 9.03. The molecule has 0 spiro atoms. The predicted molar refractivity (Wildman–Crippen MR) is 55.4 cm³/mol. The Morgan fingerprint density at radius 2 is 2.07 bits per heavy atom. The quantitative estimate of drug-likeness (QED) is 0.726. The molecule has 0 fully saturated rings. The molecular formula is C11H16O4. The van der Waals surface area contributed by atoms with Crippen LogP contribution in [0.4, 0.5) is 0 Å². The van der Waals surface area contributed by atoms with E-state index >= 15 is 0 Å². The number of methoxy groups -OCH3 is 1. The van der Waals surface area contributed by atoms with Gasteiger partial charge in [-0.1, -0.05) is 18.2 Å². The first-order valence-corrected chi connectivity index (χ1v) is 4.74. The lowest BCUT2D eigenvalue weighted by Crippen LogP contribution is -2.14.